The van der Waals surface area contributed by atoms with Gasteiger partial charge in [-0.25, -0.2) is 0 Å². The number of rotatable bonds is 3. The van der Waals surface area contributed by atoms with E-state index in [0.29, 0.717) is 0 Å². The molecule has 1 aromatic rings. The number of aliphatic hydroxyl groups is 1. The van der Waals surface area contributed by atoms with Crippen molar-refractivity contribution in [2.75, 3.05) is 6.61 Å². The Balaban J connectivity index is 2.56. The number of aryl methyl sites for hydroxylation is 1. The van der Waals surface area contributed by atoms with Crippen molar-refractivity contribution in [1.82, 2.24) is 0 Å². The Hall–Kier alpha value is -0.410. The van der Waals surface area contributed by atoms with E-state index in [4.69, 9.17) is 9.52 Å². The predicted octanol–water partition coefficient (Wildman–Crippen LogP) is 2.06. The molecule has 1 atom stereocenters. The van der Waals surface area contributed by atoms with Crippen LogP contribution in [0, 0.1) is 6.92 Å². The summed E-state index contributed by atoms with van der Waals surface area (Å²) in [5, 5.41) is 9.01. The van der Waals surface area contributed by atoms with Crippen LogP contribution in [0.4, 0.5) is 0 Å². The highest BCUT2D eigenvalue weighted by Gasteiger charge is 2.06. The Labute approximate surface area is 70.6 Å². The molecule has 1 rings (SSSR count). The van der Waals surface area contributed by atoms with Crippen LogP contribution in [0.15, 0.2) is 21.6 Å². The number of furan rings is 1. The molecular weight excluding hydrogens is 160 g/mol. The fraction of sp³-hybridized carbons (Fsp3) is 0.500. The van der Waals surface area contributed by atoms with Gasteiger partial charge in [-0.15, -0.1) is 11.8 Å². The zero-order valence-corrected chi connectivity index (χ0v) is 7.52. The van der Waals surface area contributed by atoms with E-state index in [1.54, 1.807) is 18.0 Å². The van der Waals surface area contributed by atoms with Crippen molar-refractivity contribution in [2.45, 2.75) is 24.0 Å². The summed E-state index contributed by atoms with van der Waals surface area (Å²) in [6.07, 6.45) is 1.67. The van der Waals surface area contributed by atoms with Gasteiger partial charge >= 0.3 is 0 Å². The lowest BCUT2D eigenvalue weighted by Gasteiger charge is -2.04. The molecule has 0 bridgehead atoms. The van der Waals surface area contributed by atoms with E-state index in [-0.39, 0.29) is 11.9 Å². The average Bonchev–Trinajstić information content (AvgIpc) is 2.37. The molecule has 2 nitrogen and oxygen atoms in total. The molecule has 0 aliphatic carbocycles. The zero-order chi connectivity index (χ0) is 8.27. The van der Waals surface area contributed by atoms with Crippen molar-refractivity contribution in [3.8, 4) is 0 Å². The van der Waals surface area contributed by atoms with Crippen molar-refractivity contribution in [3.05, 3.63) is 18.1 Å². The third-order valence-corrected chi connectivity index (χ3v) is 2.63. The van der Waals surface area contributed by atoms with E-state index in [9.17, 15) is 0 Å². The van der Waals surface area contributed by atoms with E-state index in [1.807, 2.05) is 19.9 Å². The normalized spacial score (nSPS) is 13.4. The lowest BCUT2D eigenvalue weighted by Crippen LogP contribution is -2.01. The SMILES string of the molecule is Cc1occc1SC(C)CO. The Bertz CT molecular complexity index is 220. The molecule has 11 heavy (non-hydrogen) atoms. The summed E-state index contributed by atoms with van der Waals surface area (Å²) < 4.78 is 5.11. The summed E-state index contributed by atoms with van der Waals surface area (Å²) in [7, 11) is 0. The fourth-order valence-corrected chi connectivity index (χ4v) is 1.61. The summed E-state index contributed by atoms with van der Waals surface area (Å²) in [4.78, 5) is 1.12. The zero-order valence-electron chi connectivity index (χ0n) is 6.70. The van der Waals surface area contributed by atoms with Crippen LogP contribution < -0.4 is 0 Å². The van der Waals surface area contributed by atoms with Crippen LogP contribution in [-0.4, -0.2) is 17.0 Å². The second-order valence-corrected chi connectivity index (χ2v) is 3.93. The molecule has 0 saturated heterocycles. The summed E-state index contributed by atoms with van der Waals surface area (Å²) in [5.41, 5.74) is 0. The first-order valence-corrected chi connectivity index (χ1v) is 4.43. The molecule has 0 saturated carbocycles. The Morgan fingerprint density at radius 1 is 1.73 bits per heavy atom. The molecule has 3 heteroatoms. The summed E-state index contributed by atoms with van der Waals surface area (Å²) in [5.74, 6) is 0.926. The number of thioether (sulfide) groups is 1. The van der Waals surface area contributed by atoms with Crippen molar-refractivity contribution in [3.63, 3.8) is 0 Å². The molecule has 0 aromatic carbocycles. The minimum absolute atomic E-state index is 0.204. The van der Waals surface area contributed by atoms with Crippen LogP contribution >= 0.6 is 11.8 Å². The third-order valence-electron chi connectivity index (χ3n) is 1.40. The van der Waals surface area contributed by atoms with Gasteiger partial charge in [-0.2, -0.15) is 0 Å². The van der Waals surface area contributed by atoms with Crippen LogP contribution in [0.2, 0.25) is 0 Å². The number of aliphatic hydroxyl groups excluding tert-OH is 1. The van der Waals surface area contributed by atoms with Crippen LogP contribution in [0.3, 0.4) is 0 Å². The minimum Gasteiger partial charge on any atom is -0.468 e. The Morgan fingerprint density at radius 2 is 2.45 bits per heavy atom. The fourth-order valence-electron chi connectivity index (χ4n) is 0.750. The van der Waals surface area contributed by atoms with Gasteiger partial charge in [0.15, 0.2) is 0 Å². The lowest BCUT2D eigenvalue weighted by molar-refractivity contribution is 0.300. The van der Waals surface area contributed by atoms with E-state index in [2.05, 4.69) is 0 Å². The smallest absolute Gasteiger partial charge is 0.114 e. The highest BCUT2D eigenvalue weighted by molar-refractivity contribution is 8.00. The molecule has 0 spiro atoms. The van der Waals surface area contributed by atoms with Crippen LogP contribution in [-0.2, 0) is 0 Å². The molecule has 0 fully saturated rings. The van der Waals surface area contributed by atoms with Crippen molar-refractivity contribution >= 4 is 11.8 Å². The molecule has 0 radical (unpaired) electrons. The molecule has 0 aliphatic heterocycles. The second-order valence-electron chi connectivity index (χ2n) is 2.45. The quantitative estimate of drug-likeness (QED) is 0.708. The van der Waals surface area contributed by atoms with Gasteiger partial charge in [0.1, 0.15) is 5.76 Å². The van der Waals surface area contributed by atoms with Gasteiger partial charge in [0.05, 0.1) is 12.9 Å². The van der Waals surface area contributed by atoms with Crippen LogP contribution in [0.1, 0.15) is 12.7 Å². The van der Waals surface area contributed by atoms with Crippen molar-refractivity contribution in [1.29, 1.82) is 0 Å². The van der Waals surface area contributed by atoms with Gasteiger partial charge in [-0.1, -0.05) is 6.92 Å². The minimum atomic E-state index is 0.204. The highest BCUT2D eigenvalue weighted by atomic mass is 32.2. The van der Waals surface area contributed by atoms with Crippen LogP contribution in [0.5, 0.6) is 0 Å². The molecule has 0 aliphatic rings. The maximum atomic E-state index is 8.77. The molecule has 62 valence electrons. The van der Waals surface area contributed by atoms with Gasteiger partial charge in [-0.3, -0.25) is 0 Å². The Morgan fingerprint density at radius 3 is 2.91 bits per heavy atom. The first-order chi connectivity index (χ1) is 5.24. The molecule has 1 unspecified atom stereocenters. The Kier molecular flexibility index (Phi) is 3.02. The average molecular weight is 172 g/mol. The maximum Gasteiger partial charge on any atom is 0.114 e. The van der Waals surface area contributed by atoms with E-state index >= 15 is 0 Å². The first kappa shape index (κ1) is 8.68. The summed E-state index contributed by atoms with van der Waals surface area (Å²) >= 11 is 1.63. The number of hydrogen-bond donors (Lipinski definition) is 1. The monoisotopic (exact) mass is 172 g/mol. The third kappa shape index (κ3) is 2.27. The molecule has 1 heterocycles. The first-order valence-electron chi connectivity index (χ1n) is 3.55. The molecule has 1 N–H and O–H groups in total. The van der Waals surface area contributed by atoms with Crippen molar-refractivity contribution in [2.24, 2.45) is 0 Å². The van der Waals surface area contributed by atoms with Gasteiger partial charge in [0.25, 0.3) is 0 Å². The maximum absolute atomic E-state index is 8.77. The van der Waals surface area contributed by atoms with Gasteiger partial charge < -0.3 is 9.52 Å². The van der Waals surface area contributed by atoms with E-state index in [1.165, 1.54) is 0 Å². The standard InChI is InChI=1S/C8H12O2S/c1-6(5-9)11-8-3-4-10-7(8)2/h3-4,6,9H,5H2,1-2H3. The number of hydrogen-bond acceptors (Lipinski definition) is 3. The van der Waals surface area contributed by atoms with Gasteiger partial charge in [-0.05, 0) is 13.0 Å². The van der Waals surface area contributed by atoms with E-state index in [0.717, 1.165) is 10.7 Å². The van der Waals surface area contributed by atoms with E-state index < -0.39 is 0 Å². The van der Waals surface area contributed by atoms with Gasteiger partial charge in [0.2, 0.25) is 0 Å². The highest BCUT2D eigenvalue weighted by Crippen LogP contribution is 2.26. The molecular formula is C8H12O2S. The molecule has 1 aromatic heterocycles. The molecule has 0 amide bonds. The summed E-state index contributed by atoms with van der Waals surface area (Å²) in [6.45, 7) is 4.11. The lowest BCUT2D eigenvalue weighted by atomic mass is 10.5. The topological polar surface area (TPSA) is 33.4 Å². The second kappa shape index (κ2) is 3.83. The predicted molar refractivity (Wildman–Crippen MR) is 45.8 cm³/mol. The van der Waals surface area contributed by atoms with Crippen molar-refractivity contribution < 1.29 is 9.52 Å². The largest absolute Gasteiger partial charge is 0.468 e. The van der Waals surface area contributed by atoms with Gasteiger partial charge in [0, 0.05) is 10.1 Å². The summed E-state index contributed by atoms with van der Waals surface area (Å²) in [6, 6.07) is 1.92. The van der Waals surface area contributed by atoms with Crippen LogP contribution in [0.25, 0.3) is 0 Å².